The zero-order valence-electron chi connectivity index (χ0n) is 22.5. The number of aromatic amines is 1. The van der Waals surface area contributed by atoms with E-state index >= 15 is 0 Å². The van der Waals surface area contributed by atoms with Gasteiger partial charge in [0.25, 0.3) is 0 Å². The Morgan fingerprint density at radius 2 is 1.68 bits per heavy atom. The number of ether oxygens (including phenoxy) is 3. The fourth-order valence-electron chi connectivity index (χ4n) is 5.93. The van der Waals surface area contributed by atoms with E-state index in [0.29, 0.717) is 30.6 Å². The average Bonchev–Trinajstić information content (AvgIpc) is 3.42. The van der Waals surface area contributed by atoms with Gasteiger partial charge in [-0.1, -0.05) is 18.2 Å². The summed E-state index contributed by atoms with van der Waals surface area (Å²) in [7, 11) is 0. The first kappa shape index (κ1) is 25.1. The Labute approximate surface area is 234 Å². The second-order valence-electron chi connectivity index (χ2n) is 10.8. The van der Waals surface area contributed by atoms with Crippen LogP contribution in [0.4, 0.5) is 5.69 Å². The van der Waals surface area contributed by atoms with E-state index in [9.17, 15) is 5.26 Å². The number of rotatable bonds is 6. The molecule has 0 amide bonds. The highest BCUT2D eigenvalue weighted by Crippen LogP contribution is 2.34. The van der Waals surface area contributed by atoms with E-state index in [0.717, 1.165) is 85.7 Å². The monoisotopic (exact) mass is 535 g/mol. The quantitative estimate of drug-likeness (QED) is 0.378. The largest absolute Gasteiger partial charge is 0.489 e. The van der Waals surface area contributed by atoms with Gasteiger partial charge in [-0.15, -0.1) is 0 Å². The molecule has 0 bridgehead atoms. The van der Waals surface area contributed by atoms with Gasteiger partial charge in [0.2, 0.25) is 0 Å². The van der Waals surface area contributed by atoms with Crippen LogP contribution in [-0.4, -0.2) is 79.6 Å². The topological polar surface area (TPSA) is 86.6 Å². The van der Waals surface area contributed by atoms with Crippen molar-refractivity contribution in [3.63, 3.8) is 0 Å². The Morgan fingerprint density at radius 1 is 0.900 bits per heavy atom. The molecule has 0 spiro atoms. The first-order chi connectivity index (χ1) is 19.7. The van der Waals surface area contributed by atoms with Gasteiger partial charge in [-0.05, 0) is 53.1 Å². The van der Waals surface area contributed by atoms with Crippen LogP contribution in [0.15, 0.2) is 60.8 Å². The lowest BCUT2D eigenvalue weighted by Crippen LogP contribution is -2.56. The van der Waals surface area contributed by atoms with Gasteiger partial charge < -0.3 is 24.1 Å². The van der Waals surface area contributed by atoms with E-state index in [2.05, 4.69) is 56.2 Å². The molecule has 3 aliphatic heterocycles. The molecular formula is C32H33N5O3. The third-order valence-corrected chi connectivity index (χ3v) is 8.40. The SMILES string of the molecule is N#Cc1cc(-c2ccnc3[nH]c(-c4ccc(N5CCN(C6COC6)CC5)cc4)cc23)ccc1OC1CCOCC1. The van der Waals surface area contributed by atoms with Crippen LogP contribution in [0, 0.1) is 11.3 Å². The number of benzene rings is 2. The van der Waals surface area contributed by atoms with Crippen molar-refractivity contribution >= 4 is 16.7 Å². The summed E-state index contributed by atoms with van der Waals surface area (Å²) in [6.07, 6.45) is 3.59. The lowest BCUT2D eigenvalue weighted by molar-refractivity contribution is -0.0660. The number of H-pyrrole nitrogens is 1. The fraction of sp³-hybridized carbons (Fsp3) is 0.375. The molecule has 0 aliphatic carbocycles. The fourth-order valence-corrected chi connectivity index (χ4v) is 5.93. The molecule has 8 nitrogen and oxygen atoms in total. The molecule has 0 saturated carbocycles. The maximum atomic E-state index is 9.87. The summed E-state index contributed by atoms with van der Waals surface area (Å²) in [6, 6.07) is 21.8. The molecule has 4 aromatic rings. The van der Waals surface area contributed by atoms with Gasteiger partial charge in [0, 0.05) is 62.0 Å². The maximum absolute atomic E-state index is 9.87. The molecule has 2 aromatic carbocycles. The highest BCUT2D eigenvalue weighted by atomic mass is 16.5. The van der Waals surface area contributed by atoms with Crippen molar-refractivity contribution < 1.29 is 14.2 Å². The van der Waals surface area contributed by atoms with Crippen LogP contribution in [0.5, 0.6) is 5.75 Å². The highest BCUT2D eigenvalue weighted by molar-refractivity contribution is 5.96. The smallest absolute Gasteiger partial charge is 0.138 e. The van der Waals surface area contributed by atoms with E-state index in [1.165, 1.54) is 5.69 Å². The number of aromatic nitrogens is 2. The minimum absolute atomic E-state index is 0.0880. The van der Waals surface area contributed by atoms with E-state index in [1.807, 2.05) is 30.5 Å². The summed E-state index contributed by atoms with van der Waals surface area (Å²) >= 11 is 0. The summed E-state index contributed by atoms with van der Waals surface area (Å²) in [4.78, 5) is 13.1. The zero-order valence-corrected chi connectivity index (χ0v) is 22.5. The molecule has 0 radical (unpaired) electrons. The number of pyridine rings is 1. The van der Waals surface area contributed by atoms with Crippen molar-refractivity contribution in [2.75, 3.05) is 57.5 Å². The third kappa shape index (κ3) is 4.92. The number of fused-ring (bicyclic) bond motifs is 1. The molecule has 7 rings (SSSR count). The molecule has 1 N–H and O–H groups in total. The molecule has 5 heterocycles. The van der Waals surface area contributed by atoms with Crippen LogP contribution >= 0.6 is 0 Å². The molecule has 0 atom stereocenters. The molecular weight excluding hydrogens is 502 g/mol. The lowest BCUT2D eigenvalue weighted by Gasteiger charge is -2.43. The summed E-state index contributed by atoms with van der Waals surface area (Å²) in [5, 5.41) is 10.9. The third-order valence-electron chi connectivity index (χ3n) is 8.40. The molecule has 2 aromatic heterocycles. The van der Waals surface area contributed by atoms with Gasteiger partial charge >= 0.3 is 0 Å². The summed E-state index contributed by atoms with van der Waals surface area (Å²) in [5.41, 5.74) is 6.78. The average molecular weight is 536 g/mol. The number of piperazine rings is 1. The maximum Gasteiger partial charge on any atom is 0.138 e. The number of nitrogens with zero attached hydrogens (tertiary/aromatic N) is 4. The summed E-state index contributed by atoms with van der Waals surface area (Å²) in [5.74, 6) is 0.636. The van der Waals surface area contributed by atoms with Crippen molar-refractivity contribution in [1.82, 2.24) is 14.9 Å². The predicted molar refractivity (Wildman–Crippen MR) is 155 cm³/mol. The first-order valence-corrected chi connectivity index (χ1v) is 14.2. The molecule has 204 valence electrons. The van der Waals surface area contributed by atoms with Crippen molar-refractivity contribution in [1.29, 1.82) is 5.26 Å². The van der Waals surface area contributed by atoms with Crippen molar-refractivity contribution in [3.05, 3.63) is 66.4 Å². The molecule has 3 aliphatic rings. The second kappa shape index (κ2) is 10.9. The molecule has 3 fully saturated rings. The minimum atomic E-state index is 0.0880. The second-order valence-corrected chi connectivity index (χ2v) is 10.8. The molecule has 3 saturated heterocycles. The normalized spacial score (nSPS) is 18.9. The zero-order chi connectivity index (χ0) is 26.9. The molecule has 8 heteroatoms. The van der Waals surface area contributed by atoms with Crippen LogP contribution in [0.2, 0.25) is 0 Å². The number of nitrogens with one attached hydrogen (secondary N) is 1. The van der Waals surface area contributed by atoms with Crippen LogP contribution in [0.1, 0.15) is 18.4 Å². The number of nitriles is 1. The van der Waals surface area contributed by atoms with Gasteiger partial charge in [-0.2, -0.15) is 5.26 Å². The van der Waals surface area contributed by atoms with Gasteiger partial charge in [-0.25, -0.2) is 4.98 Å². The van der Waals surface area contributed by atoms with Crippen LogP contribution in [0.3, 0.4) is 0 Å². The minimum Gasteiger partial charge on any atom is -0.489 e. The van der Waals surface area contributed by atoms with Crippen molar-refractivity contribution in [2.45, 2.75) is 25.0 Å². The number of hydrogen-bond acceptors (Lipinski definition) is 7. The highest BCUT2D eigenvalue weighted by Gasteiger charge is 2.29. The summed E-state index contributed by atoms with van der Waals surface area (Å²) < 4.78 is 17.0. The van der Waals surface area contributed by atoms with E-state index in [1.54, 1.807) is 0 Å². The van der Waals surface area contributed by atoms with Crippen molar-refractivity contribution in [3.8, 4) is 34.2 Å². The van der Waals surface area contributed by atoms with Gasteiger partial charge in [0.05, 0.1) is 38.0 Å². The van der Waals surface area contributed by atoms with E-state index in [-0.39, 0.29) is 6.10 Å². The van der Waals surface area contributed by atoms with Crippen LogP contribution in [0.25, 0.3) is 33.4 Å². The summed E-state index contributed by atoms with van der Waals surface area (Å²) in [6.45, 7) is 7.41. The Balaban J connectivity index is 1.10. The van der Waals surface area contributed by atoms with Gasteiger partial charge in [0.1, 0.15) is 23.6 Å². The van der Waals surface area contributed by atoms with Crippen LogP contribution < -0.4 is 9.64 Å². The Kier molecular flexibility index (Phi) is 6.86. The van der Waals surface area contributed by atoms with E-state index < -0.39 is 0 Å². The van der Waals surface area contributed by atoms with E-state index in [4.69, 9.17) is 14.2 Å². The Morgan fingerprint density at radius 3 is 2.40 bits per heavy atom. The van der Waals surface area contributed by atoms with Crippen LogP contribution in [-0.2, 0) is 9.47 Å². The Hall–Kier alpha value is -3.90. The number of hydrogen-bond donors (Lipinski definition) is 1. The van der Waals surface area contributed by atoms with Crippen molar-refractivity contribution in [2.24, 2.45) is 0 Å². The molecule has 0 unspecified atom stereocenters. The number of anilines is 1. The lowest BCUT2D eigenvalue weighted by atomic mass is 10.0. The molecule has 40 heavy (non-hydrogen) atoms. The van der Waals surface area contributed by atoms with Gasteiger partial charge in [0.15, 0.2) is 0 Å². The predicted octanol–water partition coefficient (Wildman–Crippen LogP) is 4.85. The Bertz CT molecular complexity index is 1520. The van der Waals surface area contributed by atoms with Gasteiger partial charge in [-0.3, -0.25) is 4.90 Å². The first-order valence-electron chi connectivity index (χ1n) is 14.2. The standard InChI is InChI=1S/C32H33N5O3/c33-19-24-17-23(3-6-31(24)40-27-8-15-38-16-9-27)28-7-10-34-32-29(28)18-30(35-32)22-1-4-25(5-2-22)36-11-13-37(14-12-36)26-20-39-21-26/h1-7,10,17-18,26-27H,8-9,11-16,20-21H2,(H,34,35).